The van der Waals surface area contributed by atoms with Crippen molar-refractivity contribution in [2.24, 2.45) is 0 Å². The van der Waals surface area contributed by atoms with Crippen molar-refractivity contribution in [1.29, 1.82) is 0 Å². The zero-order chi connectivity index (χ0) is 13.8. The first-order valence-corrected chi connectivity index (χ1v) is 6.30. The lowest BCUT2D eigenvalue weighted by atomic mass is 10.3. The van der Waals surface area contributed by atoms with Crippen LogP contribution in [-0.2, 0) is 4.79 Å². The van der Waals surface area contributed by atoms with Gasteiger partial charge in [-0.3, -0.25) is 4.79 Å². The van der Waals surface area contributed by atoms with Crippen molar-refractivity contribution in [3.8, 4) is 0 Å². The van der Waals surface area contributed by atoms with Crippen LogP contribution in [0.25, 0.3) is 6.08 Å². The SMILES string of the molecule is Cc1ccc(/C=C/C(=O)Nc2ccsc2C(=O)O)o1. The summed E-state index contributed by atoms with van der Waals surface area (Å²) in [5, 5.41) is 13.0. The number of carbonyl (C=O) groups excluding carboxylic acids is 1. The highest BCUT2D eigenvalue weighted by Crippen LogP contribution is 2.22. The number of amides is 1. The van der Waals surface area contributed by atoms with Gasteiger partial charge in [0.15, 0.2) is 0 Å². The van der Waals surface area contributed by atoms with Gasteiger partial charge >= 0.3 is 5.97 Å². The van der Waals surface area contributed by atoms with Crippen LogP contribution in [0, 0.1) is 6.92 Å². The lowest BCUT2D eigenvalue weighted by Gasteiger charge is -2.00. The second-order valence-corrected chi connectivity index (χ2v) is 4.66. The largest absolute Gasteiger partial charge is 0.477 e. The minimum atomic E-state index is -1.06. The minimum absolute atomic E-state index is 0.107. The molecule has 2 heterocycles. The van der Waals surface area contributed by atoms with Crippen LogP contribution in [0.1, 0.15) is 21.2 Å². The molecule has 2 aromatic rings. The van der Waals surface area contributed by atoms with Gasteiger partial charge in [-0.15, -0.1) is 11.3 Å². The number of carbonyl (C=O) groups is 2. The molecule has 1 amide bonds. The number of anilines is 1. The predicted octanol–water partition coefficient (Wildman–Crippen LogP) is 3.00. The monoisotopic (exact) mass is 277 g/mol. The van der Waals surface area contributed by atoms with Crippen LogP contribution < -0.4 is 5.32 Å². The maximum absolute atomic E-state index is 11.6. The Hall–Kier alpha value is -2.34. The average Bonchev–Trinajstić information content (AvgIpc) is 2.95. The Balaban J connectivity index is 2.03. The average molecular weight is 277 g/mol. The number of furan rings is 1. The third-order valence-electron chi connectivity index (χ3n) is 2.28. The summed E-state index contributed by atoms with van der Waals surface area (Å²) < 4.78 is 5.27. The standard InChI is InChI=1S/C13H11NO4S/c1-8-2-3-9(18-8)4-5-11(15)14-10-6-7-19-12(10)13(16)17/h2-7H,1H3,(H,14,15)(H,16,17)/b5-4+. The molecule has 0 aliphatic heterocycles. The van der Waals surface area contributed by atoms with E-state index in [2.05, 4.69) is 5.32 Å². The van der Waals surface area contributed by atoms with E-state index in [1.807, 2.05) is 6.92 Å². The summed E-state index contributed by atoms with van der Waals surface area (Å²) >= 11 is 1.06. The highest BCUT2D eigenvalue weighted by molar-refractivity contribution is 7.12. The topological polar surface area (TPSA) is 79.5 Å². The molecule has 0 aliphatic rings. The molecule has 98 valence electrons. The van der Waals surface area contributed by atoms with Crippen LogP contribution in [0.5, 0.6) is 0 Å². The molecule has 0 aliphatic carbocycles. The fraction of sp³-hybridized carbons (Fsp3) is 0.0769. The Morgan fingerprint density at radius 1 is 1.37 bits per heavy atom. The molecule has 2 N–H and O–H groups in total. The molecule has 0 unspecified atom stereocenters. The third-order valence-corrected chi connectivity index (χ3v) is 3.18. The first kappa shape index (κ1) is 13.1. The van der Waals surface area contributed by atoms with E-state index in [0.29, 0.717) is 11.4 Å². The van der Waals surface area contributed by atoms with Crippen LogP contribution in [0.4, 0.5) is 5.69 Å². The van der Waals surface area contributed by atoms with E-state index in [1.54, 1.807) is 23.6 Å². The number of aromatic carboxylic acids is 1. The Labute approximate surface area is 113 Å². The van der Waals surface area contributed by atoms with Crippen molar-refractivity contribution in [3.05, 3.63) is 46.1 Å². The highest BCUT2D eigenvalue weighted by Gasteiger charge is 2.12. The molecule has 0 bridgehead atoms. The van der Waals surface area contributed by atoms with Crippen molar-refractivity contribution >= 4 is 35.0 Å². The molecule has 0 radical (unpaired) electrons. The van der Waals surface area contributed by atoms with Gasteiger partial charge in [0.25, 0.3) is 0 Å². The van der Waals surface area contributed by atoms with E-state index in [-0.39, 0.29) is 4.88 Å². The molecule has 0 saturated carbocycles. The van der Waals surface area contributed by atoms with Crippen LogP contribution >= 0.6 is 11.3 Å². The maximum atomic E-state index is 11.6. The summed E-state index contributed by atoms with van der Waals surface area (Å²) in [4.78, 5) is 22.6. The zero-order valence-corrected chi connectivity index (χ0v) is 10.9. The lowest BCUT2D eigenvalue weighted by molar-refractivity contribution is -0.111. The summed E-state index contributed by atoms with van der Waals surface area (Å²) in [5.74, 6) is -0.145. The molecular formula is C13H11NO4S. The van der Waals surface area contributed by atoms with Gasteiger partial charge in [0.1, 0.15) is 16.4 Å². The Morgan fingerprint density at radius 3 is 2.79 bits per heavy atom. The number of hydrogen-bond donors (Lipinski definition) is 2. The van der Waals surface area contributed by atoms with Crippen molar-refractivity contribution < 1.29 is 19.1 Å². The summed E-state index contributed by atoms with van der Waals surface area (Å²) in [6.07, 6.45) is 2.82. The van der Waals surface area contributed by atoms with Gasteiger partial charge in [0.2, 0.25) is 5.91 Å². The fourth-order valence-corrected chi connectivity index (χ4v) is 2.14. The number of nitrogens with one attached hydrogen (secondary N) is 1. The van der Waals surface area contributed by atoms with E-state index >= 15 is 0 Å². The molecule has 0 aromatic carbocycles. The summed E-state index contributed by atoms with van der Waals surface area (Å²) in [7, 11) is 0. The first-order chi connectivity index (χ1) is 9.06. The van der Waals surface area contributed by atoms with Crippen LogP contribution in [-0.4, -0.2) is 17.0 Å². The zero-order valence-electron chi connectivity index (χ0n) is 10.0. The third kappa shape index (κ3) is 3.32. The van der Waals surface area contributed by atoms with Crippen LogP contribution in [0.2, 0.25) is 0 Å². The Bertz CT molecular complexity index is 639. The molecule has 6 heteroatoms. The van der Waals surface area contributed by atoms with E-state index < -0.39 is 11.9 Å². The molecule has 0 fully saturated rings. The van der Waals surface area contributed by atoms with E-state index in [0.717, 1.165) is 17.1 Å². The molecule has 19 heavy (non-hydrogen) atoms. The van der Waals surface area contributed by atoms with Gasteiger partial charge in [-0.25, -0.2) is 4.79 Å². The molecule has 2 aromatic heterocycles. The number of hydrogen-bond acceptors (Lipinski definition) is 4. The number of thiophene rings is 1. The molecule has 5 nitrogen and oxygen atoms in total. The predicted molar refractivity (Wildman–Crippen MR) is 72.4 cm³/mol. The fourth-order valence-electron chi connectivity index (χ4n) is 1.45. The van der Waals surface area contributed by atoms with E-state index in [4.69, 9.17) is 9.52 Å². The first-order valence-electron chi connectivity index (χ1n) is 5.42. The summed E-state index contributed by atoms with van der Waals surface area (Å²) in [5.41, 5.74) is 0.294. The van der Waals surface area contributed by atoms with Gasteiger partial charge in [0, 0.05) is 6.08 Å². The number of rotatable bonds is 4. The lowest BCUT2D eigenvalue weighted by Crippen LogP contribution is -2.09. The quantitative estimate of drug-likeness (QED) is 0.842. The van der Waals surface area contributed by atoms with Gasteiger partial charge in [-0.2, -0.15) is 0 Å². The van der Waals surface area contributed by atoms with Gasteiger partial charge in [-0.1, -0.05) is 0 Å². The normalized spacial score (nSPS) is 10.8. The number of aryl methyl sites for hydroxylation is 1. The van der Waals surface area contributed by atoms with Crippen LogP contribution in [0.3, 0.4) is 0 Å². The second kappa shape index (κ2) is 5.53. The molecule has 2 rings (SSSR count). The number of carboxylic acid groups (broad SMARTS) is 1. The summed E-state index contributed by atoms with van der Waals surface area (Å²) in [6, 6.07) is 5.09. The Kier molecular flexibility index (Phi) is 3.82. The van der Waals surface area contributed by atoms with Crippen LogP contribution in [0.15, 0.2) is 34.1 Å². The van der Waals surface area contributed by atoms with Gasteiger partial charge in [0.05, 0.1) is 5.69 Å². The van der Waals surface area contributed by atoms with Gasteiger partial charge < -0.3 is 14.8 Å². The maximum Gasteiger partial charge on any atom is 0.348 e. The van der Waals surface area contributed by atoms with Crippen molar-refractivity contribution in [2.45, 2.75) is 6.92 Å². The van der Waals surface area contributed by atoms with Crippen molar-refractivity contribution in [3.63, 3.8) is 0 Å². The minimum Gasteiger partial charge on any atom is -0.477 e. The Morgan fingerprint density at radius 2 is 2.16 bits per heavy atom. The summed E-state index contributed by atoms with van der Waals surface area (Å²) in [6.45, 7) is 1.81. The van der Waals surface area contributed by atoms with Crippen molar-refractivity contribution in [1.82, 2.24) is 0 Å². The van der Waals surface area contributed by atoms with Gasteiger partial charge in [-0.05, 0) is 36.6 Å². The molecule has 0 atom stereocenters. The van der Waals surface area contributed by atoms with E-state index in [1.165, 1.54) is 12.2 Å². The molecular weight excluding hydrogens is 266 g/mol. The van der Waals surface area contributed by atoms with Crippen molar-refractivity contribution in [2.75, 3.05) is 5.32 Å². The van der Waals surface area contributed by atoms with E-state index in [9.17, 15) is 9.59 Å². The highest BCUT2D eigenvalue weighted by atomic mass is 32.1. The smallest absolute Gasteiger partial charge is 0.348 e. The second-order valence-electron chi connectivity index (χ2n) is 3.74. The molecule has 0 spiro atoms. The molecule has 0 saturated heterocycles. The number of carboxylic acids is 1.